The highest BCUT2D eigenvalue weighted by molar-refractivity contribution is 5.75. The summed E-state index contributed by atoms with van der Waals surface area (Å²) in [7, 11) is 0. The lowest BCUT2D eigenvalue weighted by Gasteiger charge is -2.23. The molecule has 0 aromatic carbocycles. The first-order chi connectivity index (χ1) is 8.76. The molecule has 0 radical (unpaired) electrons. The van der Waals surface area contributed by atoms with Gasteiger partial charge in [-0.25, -0.2) is 4.79 Å². The third-order valence-electron chi connectivity index (χ3n) is 2.43. The van der Waals surface area contributed by atoms with Crippen LogP contribution in [0.1, 0.15) is 40.5 Å². The summed E-state index contributed by atoms with van der Waals surface area (Å²) in [4.78, 5) is 22.5. The fourth-order valence-corrected chi connectivity index (χ4v) is 1.63. The van der Waals surface area contributed by atoms with E-state index in [1.807, 2.05) is 20.8 Å². The molecular weight excluding hydrogens is 244 g/mol. The second kappa shape index (κ2) is 8.41. The van der Waals surface area contributed by atoms with Crippen LogP contribution in [0.15, 0.2) is 0 Å². The lowest BCUT2D eigenvalue weighted by Crippen LogP contribution is -2.41. The van der Waals surface area contributed by atoms with Crippen molar-refractivity contribution in [1.29, 1.82) is 0 Å². The third-order valence-corrected chi connectivity index (χ3v) is 2.43. The standard InChI is InChI=1S/C14H24N2O3/c1-5-6-7-8-15-13(19)16-10-11(12(17)18)9-14(2,3)4/h11H,7-10H2,1-4H3,(H,17,18)(H2,15,16,19). The molecule has 0 aliphatic heterocycles. The normalized spacial score (nSPS) is 12.0. The zero-order chi connectivity index (χ0) is 14.9. The molecule has 0 heterocycles. The second-order valence-electron chi connectivity index (χ2n) is 5.61. The molecule has 19 heavy (non-hydrogen) atoms. The van der Waals surface area contributed by atoms with Crippen molar-refractivity contribution in [1.82, 2.24) is 10.6 Å². The van der Waals surface area contributed by atoms with Crippen molar-refractivity contribution < 1.29 is 14.7 Å². The minimum absolute atomic E-state index is 0.0854. The maximum atomic E-state index is 11.4. The summed E-state index contributed by atoms with van der Waals surface area (Å²) < 4.78 is 0. The molecule has 0 saturated carbocycles. The Bertz CT molecular complexity index is 361. The number of urea groups is 1. The van der Waals surface area contributed by atoms with E-state index in [0.29, 0.717) is 19.4 Å². The zero-order valence-electron chi connectivity index (χ0n) is 12.2. The number of carboxylic acids is 1. The van der Waals surface area contributed by atoms with Gasteiger partial charge in [0.05, 0.1) is 5.92 Å². The van der Waals surface area contributed by atoms with Gasteiger partial charge < -0.3 is 15.7 Å². The summed E-state index contributed by atoms with van der Waals surface area (Å²) in [6, 6.07) is -0.349. The Morgan fingerprint density at radius 2 is 1.89 bits per heavy atom. The fraction of sp³-hybridized carbons (Fsp3) is 0.714. The lowest BCUT2D eigenvalue weighted by molar-refractivity contribution is -0.142. The van der Waals surface area contributed by atoms with E-state index in [1.54, 1.807) is 6.92 Å². The minimum Gasteiger partial charge on any atom is -0.481 e. The number of hydrogen-bond donors (Lipinski definition) is 3. The smallest absolute Gasteiger partial charge is 0.314 e. The first-order valence-corrected chi connectivity index (χ1v) is 6.40. The maximum absolute atomic E-state index is 11.4. The highest BCUT2D eigenvalue weighted by Crippen LogP contribution is 2.24. The van der Waals surface area contributed by atoms with Crippen molar-refractivity contribution in [3.8, 4) is 11.8 Å². The van der Waals surface area contributed by atoms with Gasteiger partial charge in [-0.2, -0.15) is 0 Å². The average Bonchev–Trinajstić information content (AvgIpc) is 2.28. The van der Waals surface area contributed by atoms with Crippen LogP contribution >= 0.6 is 0 Å². The number of aliphatic carboxylic acids is 1. The summed E-state index contributed by atoms with van der Waals surface area (Å²) in [5.41, 5.74) is -0.0854. The Morgan fingerprint density at radius 1 is 1.26 bits per heavy atom. The molecule has 1 atom stereocenters. The topological polar surface area (TPSA) is 78.4 Å². The van der Waals surface area contributed by atoms with Gasteiger partial charge in [-0.1, -0.05) is 20.8 Å². The van der Waals surface area contributed by atoms with Crippen molar-refractivity contribution >= 4 is 12.0 Å². The highest BCUT2D eigenvalue weighted by atomic mass is 16.4. The van der Waals surface area contributed by atoms with Gasteiger partial charge in [0, 0.05) is 19.5 Å². The molecule has 0 aliphatic carbocycles. The molecule has 0 bridgehead atoms. The van der Waals surface area contributed by atoms with E-state index in [0.717, 1.165) is 0 Å². The second-order valence-corrected chi connectivity index (χ2v) is 5.61. The number of carbonyl (C=O) groups excluding carboxylic acids is 1. The quantitative estimate of drug-likeness (QED) is 0.508. The van der Waals surface area contributed by atoms with E-state index < -0.39 is 11.9 Å². The molecule has 0 saturated heterocycles. The van der Waals surface area contributed by atoms with Gasteiger partial charge in [0.1, 0.15) is 0 Å². The van der Waals surface area contributed by atoms with E-state index in [1.165, 1.54) is 0 Å². The van der Waals surface area contributed by atoms with Gasteiger partial charge in [-0.3, -0.25) is 4.79 Å². The Kier molecular flexibility index (Phi) is 7.66. The van der Waals surface area contributed by atoms with E-state index in [-0.39, 0.29) is 18.0 Å². The monoisotopic (exact) mass is 268 g/mol. The fourth-order valence-electron chi connectivity index (χ4n) is 1.63. The van der Waals surface area contributed by atoms with Crippen LogP contribution in [-0.2, 0) is 4.79 Å². The molecule has 0 aromatic heterocycles. The zero-order valence-corrected chi connectivity index (χ0v) is 12.2. The van der Waals surface area contributed by atoms with Gasteiger partial charge >= 0.3 is 12.0 Å². The van der Waals surface area contributed by atoms with Crippen LogP contribution in [0.3, 0.4) is 0 Å². The van der Waals surface area contributed by atoms with Crippen LogP contribution < -0.4 is 10.6 Å². The van der Waals surface area contributed by atoms with Gasteiger partial charge in [0.2, 0.25) is 0 Å². The van der Waals surface area contributed by atoms with Gasteiger partial charge in [0.15, 0.2) is 0 Å². The molecular formula is C14H24N2O3. The molecule has 2 amide bonds. The molecule has 108 valence electrons. The highest BCUT2D eigenvalue weighted by Gasteiger charge is 2.24. The van der Waals surface area contributed by atoms with Crippen molar-refractivity contribution in [2.24, 2.45) is 11.3 Å². The Hall–Kier alpha value is -1.70. The molecule has 5 heteroatoms. The van der Waals surface area contributed by atoms with Crippen molar-refractivity contribution in [3.63, 3.8) is 0 Å². The Labute approximate surface area is 115 Å². The molecule has 5 nitrogen and oxygen atoms in total. The number of nitrogens with one attached hydrogen (secondary N) is 2. The average molecular weight is 268 g/mol. The van der Waals surface area contributed by atoms with Crippen LogP contribution in [-0.4, -0.2) is 30.2 Å². The van der Waals surface area contributed by atoms with Crippen LogP contribution in [0.2, 0.25) is 0 Å². The SMILES string of the molecule is CC#CCCNC(=O)NCC(CC(C)(C)C)C(=O)O. The maximum Gasteiger partial charge on any atom is 0.314 e. The summed E-state index contributed by atoms with van der Waals surface area (Å²) >= 11 is 0. The summed E-state index contributed by atoms with van der Waals surface area (Å²) in [5, 5.41) is 14.3. The number of carboxylic acid groups (broad SMARTS) is 1. The number of hydrogen-bond acceptors (Lipinski definition) is 2. The Balaban J connectivity index is 4.06. The van der Waals surface area contributed by atoms with E-state index in [4.69, 9.17) is 5.11 Å². The van der Waals surface area contributed by atoms with E-state index in [2.05, 4.69) is 22.5 Å². The van der Waals surface area contributed by atoms with Crippen LogP contribution in [0, 0.1) is 23.2 Å². The van der Waals surface area contributed by atoms with Crippen molar-refractivity contribution in [2.45, 2.75) is 40.5 Å². The predicted octanol–water partition coefficient (Wildman–Crippen LogP) is 1.84. The molecule has 3 N–H and O–H groups in total. The van der Waals surface area contributed by atoms with Crippen LogP contribution in [0.5, 0.6) is 0 Å². The van der Waals surface area contributed by atoms with Crippen LogP contribution in [0.4, 0.5) is 4.79 Å². The predicted molar refractivity (Wildman–Crippen MR) is 74.7 cm³/mol. The van der Waals surface area contributed by atoms with Crippen molar-refractivity contribution in [3.05, 3.63) is 0 Å². The van der Waals surface area contributed by atoms with Crippen LogP contribution in [0.25, 0.3) is 0 Å². The van der Waals surface area contributed by atoms with E-state index >= 15 is 0 Å². The summed E-state index contributed by atoms with van der Waals surface area (Å²) in [6.07, 6.45) is 1.11. The molecule has 0 fully saturated rings. The summed E-state index contributed by atoms with van der Waals surface area (Å²) in [6.45, 7) is 8.27. The number of amides is 2. The van der Waals surface area contributed by atoms with Crippen molar-refractivity contribution in [2.75, 3.05) is 13.1 Å². The number of carbonyl (C=O) groups is 2. The molecule has 0 rings (SSSR count). The molecule has 0 aliphatic rings. The first-order valence-electron chi connectivity index (χ1n) is 6.40. The largest absolute Gasteiger partial charge is 0.481 e. The molecule has 1 unspecified atom stereocenters. The molecule has 0 aromatic rings. The van der Waals surface area contributed by atoms with Gasteiger partial charge in [-0.15, -0.1) is 11.8 Å². The van der Waals surface area contributed by atoms with Gasteiger partial charge in [-0.05, 0) is 18.8 Å². The van der Waals surface area contributed by atoms with E-state index in [9.17, 15) is 9.59 Å². The molecule has 0 spiro atoms. The first kappa shape index (κ1) is 17.3. The minimum atomic E-state index is -0.882. The Morgan fingerprint density at radius 3 is 2.37 bits per heavy atom. The van der Waals surface area contributed by atoms with Gasteiger partial charge in [0.25, 0.3) is 0 Å². The summed E-state index contributed by atoms with van der Waals surface area (Å²) in [5.74, 6) is 4.11. The number of rotatable bonds is 6. The lowest BCUT2D eigenvalue weighted by atomic mass is 9.84. The third kappa shape index (κ3) is 9.95.